The molecule has 0 aliphatic rings. The van der Waals surface area contributed by atoms with E-state index < -0.39 is 0 Å². The molecule has 1 aromatic heterocycles. The lowest BCUT2D eigenvalue weighted by Crippen LogP contribution is -2.18. The highest BCUT2D eigenvalue weighted by atomic mass is 16.5. The molecule has 0 aliphatic heterocycles. The van der Waals surface area contributed by atoms with E-state index in [1.54, 1.807) is 6.07 Å². The summed E-state index contributed by atoms with van der Waals surface area (Å²) in [4.78, 5) is 24.7. The van der Waals surface area contributed by atoms with E-state index in [-0.39, 0.29) is 11.9 Å². The van der Waals surface area contributed by atoms with Gasteiger partial charge in [-0.05, 0) is 11.6 Å². The molecule has 1 aromatic carbocycles. The van der Waals surface area contributed by atoms with Crippen LogP contribution in [0.3, 0.4) is 0 Å². The van der Waals surface area contributed by atoms with Crippen molar-refractivity contribution < 1.29 is 14.3 Å². The number of aromatic amines is 1. The molecule has 2 aromatic rings. The average molecular weight is 246 g/mol. The van der Waals surface area contributed by atoms with Crippen molar-refractivity contribution >= 4 is 22.8 Å². The minimum Gasteiger partial charge on any atom is -0.410 e. The quantitative estimate of drug-likeness (QED) is 0.810. The Bertz CT molecular complexity index is 601. The van der Waals surface area contributed by atoms with Gasteiger partial charge in [0.15, 0.2) is 0 Å². The van der Waals surface area contributed by atoms with Crippen molar-refractivity contribution in [2.24, 2.45) is 0 Å². The molecule has 1 amide bonds. The van der Waals surface area contributed by atoms with E-state index >= 15 is 0 Å². The molecule has 0 atom stereocenters. The molecule has 0 fully saturated rings. The van der Waals surface area contributed by atoms with E-state index in [1.165, 1.54) is 13.8 Å². The van der Waals surface area contributed by atoms with Crippen molar-refractivity contribution in [3.63, 3.8) is 0 Å². The first-order valence-electron chi connectivity index (χ1n) is 5.59. The first-order chi connectivity index (χ1) is 8.54. The van der Waals surface area contributed by atoms with Crippen LogP contribution in [-0.2, 0) is 16.1 Å². The maximum absolute atomic E-state index is 10.8. The van der Waals surface area contributed by atoms with Crippen molar-refractivity contribution in [2.45, 2.75) is 20.4 Å². The minimum atomic E-state index is -0.361. The summed E-state index contributed by atoms with van der Waals surface area (Å²) in [5.74, 6) is -0.00334. The zero-order valence-corrected chi connectivity index (χ0v) is 10.2. The molecule has 0 unspecified atom stereocenters. The second kappa shape index (κ2) is 4.91. The van der Waals surface area contributed by atoms with Gasteiger partial charge in [-0.2, -0.15) is 0 Å². The van der Waals surface area contributed by atoms with Crippen molar-refractivity contribution in [2.75, 3.05) is 0 Å². The predicted octanol–water partition coefficient (Wildman–Crippen LogP) is 1.73. The van der Waals surface area contributed by atoms with E-state index in [2.05, 4.69) is 10.3 Å². The Hall–Kier alpha value is -2.30. The van der Waals surface area contributed by atoms with Gasteiger partial charge in [-0.15, -0.1) is 0 Å². The van der Waals surface area contributed by atoms with Crippen LogP contribution in [0.4, 0.5) is 0 Å². The zero-order valence-electron chi connectivity index (χ0n) is 10.2. The standard InChI is InChI=1S/C13H14N2O3/c1-8(16)14-7-10-3-4-11-6-13(18-9(2)17)15-12(11)5-10/h3-6,15H,7H2,1-2H3,(H,14,16). The molecule has 18 heavy (non-hydrogen) atoms. The fraction of sp³-hybridized carbons (Fsp3) is 0.231. The van der Waals surface area contributed by atoms with Gasteiger partial charge in [-0.25, -0.2) is 0 Å². The van der Waals surface area contributed by atoms with Crippen LogP contribution < -0.4 is 10.1 Å². The molecule has 2 rings (SSSR count). The monoisotopic (exact) mass is 246 g/mol. The molecule has 0 bridgehead atoms. The highest BCUT2D eigenvalue weighted by molar-refractivity contribution is 5.83. The maximum Gasteiger partial charge on any atom is 0.309 e. The summed E-state index contributed by atoms with van der Waals surface area (Å²) in [6.07, 6.45) is 0. The van der Waals surface area contributed by atoms with Crippen LogP contribution in [0.25, 0.3) is 10.9 Å². The lowest BCUT2D eigenvalue weighted by Gasteiger charge is -2.02. The van der Waals surface area contributed by atoms with Crippen LogP contribution in [0, 0.1) is 0 Å². The zero-order chi connectivity index (χ0) is 13.1. The largest absolute Gasteiger partial charge is 0.410 e. The van der Waals surface area contributed by atoms with Gasteiger partial charge in [0, 0.05) is 37.4 Å². The summed E-state index contributed by atoms with van der Waals surface area (Å²) in [5.41, 5.74) is 1.85. The third kappa shape index (κ3) is 2.88. The molecule has 2 N–H and O–H groups in total. The lowest BCUT2D eigenvalue weighted by molar-refractivity contribution is -0.132. The fourth-order valence-electron chi connectivity index (χ4n) is 1.69. The number of rotatable bonds is 3. The Kier molecular flexibility index (Phi) is 3.32. The smallest absolute Gasteiger partial charge is 0.309 e. The molecule has 94 valence electrons. The van der Waals surface area contributed by atoms with Crippen molar-refractivity contribution in [1.29, 1.82) is 0 Å². The topological polar surface area (TPSA) is 71.2 Å². The Morgan fingerprint density at radius 1 is 1.28 bits per heavy atom. The average Bonchev–Trinajstić information content (AvgIpc) is 2.66. The van der Waals surface area contributed by atoms with Gasteiger partial charge in [-0.1, -0.05) is 12.1 Å². The summed E-state index contributed by atoms with van der Waals surface area (Å²) < 4.78 is 4.97. The molecular weight excluding hydrogens is 232 g/mol. The van der Waals surface area contributed by atoms with Crippen LogP contribution in [0.1, 0.15) is 19.4 Å². The molecule has 0 radical (unpaired) electrons. The van der Waals surface area contributed by atoms with Crippen LogP contribution in [0.2, 0.25) is 0 Å². The molecule has 5 nitrogen and oxygen atoms in total. The number of amides is 1. The number of ether oxygens (including phenoxy) is 1. The third-order valence-electron chi connectivity index (χ3n) is 2.46. The molecule has 0 saturated heterocycles. The van der Waals surface area contributed by atoms with E-state index in [9.17, 15) is 9.59 Å². The Morgan fingerprint density at radius 2 is 2.06 bits per heavy atom. The number of fused-ring (bicyclic) bond motifs is 1. The van der Waals surface area contributed by atoms with Gasteiger partial charge in [0.1, 0.15) is 0 Å². The van der Waals surface area contributed by atoms with E-state index in [0.717, 1.165) is 16.5 Å². The van der Waals surface area contributed by atoms with Crippen LogP contribution in [0.15, 0.2) is 24.3 Å². The van der Waals surface area contributed by atoms with Crippen molar-refractivity contribution in [1.82, 2.24) is 10.3 Å². The van der Waals surface area contributed by atoms with Gasteiger partial charge < -0.3 is 15.0 Å². The van der Waals surface area contributed by atoms with Gasteiger partial charge >= 0.3 is 5.97 Å². The number of aromatic nitrogens is 1. The number of nitrogens with one attached hydrogen (secondary N) is 2. The normalized spacial score (nSPS) is 10.3. The number of benzene rings is 1. The third-order valence-corrected chi connectivity index (χ3v) is 2.46. The summed E-state index contributed by atoms with van der Waals surface area (Å²) in [7, 11) is 0. The van der Waals surface area contributed by atoms with Crippen LogP contribution in [-0.4, -0.2) is 16.9 Å². The highest BCUT2D eigenvalue weighted by Gasteiger charge is 2.05. The van der Waals surface area contributed by atoms with Gasteiger partial charge in [0.2, 0.25) is 11.8 Å². The van der Waals surface area contributed by atoms with Crippen LogP contribution in [0.5, 0.6) is 5.88 Å². The Morgan fingerprint density at radius 3 is 2.72 bits per heavy atom. The number of carbonyl (C=O) groups is 2. The van der Waals surface area contributed by atoms with E-state index in [4.69, 9.17) is 4.74 Å². The lowest BCUT2D eigenvalue weighted by atomic mass is 10.1. The second-order valence-electron chi connectivity index (χ2n) is 4.06. The van der Waals surface area contributed by atoms with Crippen LogP contribution >= 0.6 is 0 Å². The molecule has 1 heterocycles. The fourth-order valence-corrected chi connectivity index (χ4v) is 1.69. The summed E-state index contributed by atoms with van der Waals surface area (Å²) in [6, 6.07) is 7.51. The second-order valence-corrected chi connectivity index (χ2v) is 4.06. The minimum absolute atomic E-state index is 0.0674. The summed E-state index contributed by atoms with van der Waals surface area (Å²) >= 11 is 0. The number of esters is 1. The Balaban J connectivity index is 2.22. The number of carbonyl (C=O) groups excluding carboxylic acids is 2. The summed E-state index contributed by atoms with van der Waals surface area (Å²) in [5, 5.41) is 3.68. The first-order valence-corrected chi connectivity index (χ1v) is 5.59. The molecular formula is C13H14N2O3. The van der Waals surface area contributed by atoms with Gasteiger partial charge in [0.25, 0.3) is 0 Å². The van der Waals surface area contributed by atoms with Crippen molar-refractivity contribution in [3.05, 3.63) is 29.8 Å². The number of hydrogen-bond donors (Lipinski definition) is 2. The maximum atomic E-state index is 10.8. The molecule has 0 spiro atoms. The SMILES string of the molecule is CC(=O)NCc1ccc2cc(OC(C)=O)[nH]c2c1. The van der Waals surface area contributed by atoms with Gasteiger partial charge in [-0.3, -0.25) is 9.59 Å². The first kappa shape index (κ1) is 12.2. The van der Waals surface area contributed by atoms with Gasteiger partial charge in [0.05, 0.1) is 0 Å². The number of hydrogen-bond acceptors (Lipinski definition) is 3. The summed E-state index contributed by atoms with van der Waals surface area (Å²) in [6.45, 7) is 3.31. The molecule has 5 heteroatoms. The predicted molar refractivity (Wildman–Crippen MR) is 67.1 cm³/mol. The molecule has 0 saturated carbocycles. The Labute approximate surface area is 104 Å². The van der Waals surface area contributed by atoms with E-state index in [0.29, 0.717) is 12.4 Å². The van der Waals surface area contributed by atoms with Crippen molar-refractivity contribution in [3.8, 4) is 5.88 Å². The molecule has 0 aliphatic carbocycles. The number of H-pyrrole nitrogens is 1. The highest BCUT2D eigenvalue weighted by Crippen LogP contribution is 2.21. The van der Waals surface area contributed by atoms with E-state index in [1.807, 2.05) is 18.2 Å².